The summed E-state index contributed by atoms with van der Waals surface area (Å²) in [7, 11) is 0. The second-order valence-electron chi connectivity index (χ2n) is 8.75. The van der Waals surface area contributed by atoms with Gasteiger partial charge in [0.1, 0.15) is 5.75 Å². The highest BCUT2D eigenvalue weighted by Gasteiger charge is 2.33. The maximum absolute atomic E-state index is 13.7. The van der Waals surface area contributed by atoms with Crippen molar-refractivity contribution in [2.75, 3.05) is 13.2 Å². The summed E-state index contributed by atoms with van der Waals surface area (Å²) in [5.41, 5.74) is 2.00. The molecule has 2 aromatic carbocycles. The highest BCUT2D eigenvalue weighted by molar-refractivity contribution is 7.07. The maximum atomic E-state index is 13.7. The number of thiazole rings is 1. The van der Waals surface area contributed by atoms with Crippen LogP contribution >= 0.6 is 22.9 Å². The minimum Gasteiger partial charge on any atom is -0.482 e. The van der Waals surface area contributed by atoms with E-state index in [-0.39, 0.29) is 24.9 Å². The minimum absolute atomic E-state index is 0.183. The van der Waals surface area contributed by atoms with Gasteiger partial charge in [0, 0.05) is 5.02 Å². The summed E-state index contributed by atoms with van der Waals surface area (Å²) in [6.07, 6.45) is 1.42. The van der Waals surface area contributed by atoms with E-state index in [4.69, 9.17) is 25.8 Å². The van der Waals surface area contributed by atoms with Gasteiger partial charge in [0.15, 0.2) is 11.4 Å². The number of ether oxygens (including phenoxy) is 3. The number of hydrogen-bond acceptors (Lipinski definition) is 8. The van der Waals surface area contributed by atoms with Crippen molar-refractivity contribution in [2.45, 2.75) is 39.8 Å². The van der Waals surface area contributed by atoms with Crippen LogP contribution in [0.4, 0.5) is 0 Å². The van der Waals surface area contributed by atoms with Crippen LogP contribution in [0.15, 0.2) is 69.6 Å². The molecular weight excluding hydrogens is 528 g/mol. The van der Waals surface area contributed by atoms with Crippen LogP contribution in [-0.4, -0.2) is 35.8 Å². The van der Waals surface area contributed by atoms with Crippen LogP contribution in [0.1, 0.15) is 44.9 Å². The molecule has 8 nitrogen and oxygen atoms in total. The van der Waals surface area contributed by atoms with Crippen LogP contribution in [0.2, 0.25) is 5.02 Å². The summed E-state index contributed by atoms with van der Waals surface area (Å²) in [4.78, 5) is 43.4. The second-order valence-corrected chi connectivity index (χ2v) is 10.2. The summed E-state index contributed by atoms with van der Waals surface area (Å²) >= 11 is 7.34. The Morgan fingerprint density at radius 3 is 2.45 bits per heavy atom. The average molecular weight is 555 g/mol. The Hall–Kier alpha value is -3.69. The molecular formula is C28H27ClN2O6S. The third-order valence-electron chi connectivity index (χ3n) is 5.61. The largest absolute Gasteiger partial charge is 0.482 e. The molecule has 1 aliphatic heterocycles. The van der Waals surface area contributed by atoms with E-state index in [0.717, 1.165) is 11.1 Å². The molecule has 0 amide bonds. The van der Waals surface area contributed by atoms with Crippen molar-refractivity contribution in [2.24, 2.45) is 4.99 Å². The van der Waals surface area contributed by atoms with Gasteiger partial charge in [-0.15, -0.1) is 0 Å². The number of halogens is 1. The first-order valence-electron chi connectivity index (χ1n) is 12.1. The molecule has 0 bridgehead atoms. The molecule has 38 heavy (non-hydrogen) atoms. The van der Waals surface area contributed by atoms with Gasteiger partial charge in [-0.05, 0) is 69.2 Å². The van der Waals surface area contributed by atoms with Gasteiger partial charge in [0.2, 0.25) is 0 Å². The number of fused-ring (bicyclic) bond motifs is 1. The zero-order valence-corrected chi connectivity index (χ0v) is 23.0. The maximum Gasteiger partial charge on any atom is 0.344 e. The number of carbonyl (C=O) groups is 2. The fourth-order valence-corrected chi connectivity index (χ4v) is 5.15. The van der Waals surface area contributed by atoms with Crippen LogP contribution in [0.5, 0.6) is 5.75 Å². The van der Waals surface area contributed by atoms with Gasteiger partial charge in [0.25, 0.3) is 5.56 Å². The smallest absolute Gasteiger partial charge is 0.344 e. The van der Waals surface area contributed by atoms with Crippen molar-refractivity contribution in [1.29, 1.82) is 0 Å². The number of rotatable bonds is 8. The van der Waals surface area contributed by atoms with Crippen molar-refractivity contribution in [3.05, 3.63) is 95.6 Å². The van der Waals surface area contributed by atoms with Gasteiger partial charge in [0.05, 0.1) is 34.6 Å². The molecule has 198 valence electrons. The van der Waals surface area contributed by atoms with E-state index in [1.165, 1.54) is 15.9 Å². The standard InChI is InChI=1S/C28H27ClN2O6S/c1-5-35-23(32)15-36-21-12-6-18(7-13-21)14-22-26(33)31-25(19-8-10-20(29)11-9-19)24(27(34)37-16(2)3)17(4)30-28(31)38-22/h6-14,16,25H,5,15H2,1-4H3/b22-14-/t25-/m0/s1. The first-order chi connectivity index (χ1) is 18.2. The molecule has 0 radical (unpaired) electrons. The third-order valence-corrected chi connectivity index (χ3v) is 6.84. The van der Waals surface area contributed by atoms with Gasteiger partial charge >= 0.3 is 11.9 Å². The molecule has 0 N–H and O–H groups in total. The Morgan fingerprint density at radius 2 is 1.82 bits per heavy atom. The number of carbonyl (C=O) groups excluding carboxylic acids is 2. The highest BCUT2D eigenvalue weighted by atomic mass is 35.5. The van der Waals surface area contributed by atoms with Crippen LogP contribution in [0.25, 0.3) is 6.08 Å². The fraction of sp³-hybridized carbons (Fsp3) is 0.286. The molecule has 3 aromatic rings. The number of hydrogen-bond donors (Lipinski definition) is 0. The summed E-state index contributed by atoms with van der Waals surface area (Å²) in [6.45, 7) is 7.12. The molecule has 0 aliphatic carbocycles. The second kappa shape index (κ2) is 11.8. The zero-order valence-electron chi connectivity index (χ0n) is 21.4. The molecule has 1 aromatic heterocycles. The van der Waals surface area contributed by atoms with Crippen molar-refractivity contribution in [3.8, 4) is 5.75 Å². The lowest BCUT2D eigenvalue weighted by molar-refractivity contribution is -0.145. The van der Waals surface area contributed by atoms with Crippen LogP contribution in [0, 0.1) is 0 Å². The van der Waals surface area contributed by atoms with Crippen LogP contribution in [-0.2, 0) is 19.1 Å². The zero-order chi connectivity index (χ0) is 27.4. The first kappa shape index (κ1) is 27.3. The van der Waals surface area contributed by atoms with E-state index in [0.29, 0.717) is 31.4 Å². The fourth-order valence-electron chi connectivity index (χ4n) is 3.98. The number of esters is 2. The molecule has 0 fully saturated rings. The Balaban J connectivity index is 1.73. The van der Waals surface area contributed by atoms with E-state index in [1.807, 2.05) is 0 Å². The number of allylic oxidation sites excluding steroid dienone is 1. The first-order valence-corrected chi connectivity index (χ1v) is 13.2. The monoisotopic (exact) mass is 554 g/mol. The summed E-state index contributed by atoms with van der Waals surface area (Å²) < 4.78 is 17.8. The predicted molar refractivity (Wildman–Crippen MR) is 145 cm³/mol. The van der Waals surface area contributed by atoms with E-state index >= 15 is 0 Å². The molecule has 0 saturated heterocycles. The van der Waals surface area contributed by atoms with Gasteiger partial charge in [-0.3, -0.25) is 9.36 Å². The predicted octanol–water partition coefficient (Wildman–Crippen LogP) is 3.78. The van der Waals surface area contributed by atoms with E-state index in [2.05, 4.69) is 4.99 Å². The highest BCUT2D eigenvalue weighted by Crippen LogP contribution is 2.31. The Morgan fingerprint density at radius 1 is 1.13 bits per heavy atom. The molecule has 0 spiro atoms. The van der Waals surface area contributed by atoms with Gasteiger partial charge in [-0.1, -0.05) is 47.2 Å². The molecule has 1 aliphatic rings. The lowest BCUT2D eigenvalue weighted by Gasteiger charge is -2.25. The van der Waals surface area contributed by atoms with Gasteiger partial charge in [-0.2, -0.15) is 0 Å². The summed E-state index contributed by atoms with van der Waals surface area (Å²) in [6, 6.07) is 13.3. The normalized spacial score (nSPS) is 15.2. The van der Waals surface area contributed by atoms with E-state index in [9.17, 15) is 14.4 Å². The lowest BCUT2D eigenvalue weighted by Crippen LogP contribution is -2.40. The third kappa shape index (κ3) is 6.06. The van der Waals surface area contributed by atoms with Crippen molar-refractivity contribution in [1.82, 2.24) is 4.57 Å². The van der Waals surface area contributed by atoms with Crippen molar-refractivity contribution >= 4 is 41.0 Å². The number of nitrogens with zero attached hydrogens (tertiary/aromatic N) is 2. The molecule has 1 atom stereocenters. The number of benzene rings is 2. The summed E-state index contributed by atoms with van der Waals surface area (Å²) in [5.74, 6) is -0.461. The molecule has 2 heterocycles. The topological polar surface area (TPSA) is 96.2 Å². The summed E-state index contributed by atoms with van der Waals surface area (Å²) in [5, 5.41) is 0.544. The van der Waals surface area contributed by atoms with E-state index < -0.39 is 18.0 Å². The van der Waals surface area contributed by atoms with Crippen molar-refractivity contribution in [3.63, 3.8) is 0 Å². The number of aromatic nitrogens is 1. The molecule has 4 rings (SSSR count). The van der Waals surface area contributed by atoms with Crippen molar-refractivity contribution < 1.29 is 23.8 Å². The SMILES string of the molecule is CCOC(=O)COc1ccc(/C=c2\sc3n(c2=O)[C@@H](c2ccc(Cl)cc2)C(C(=O)OC(C)C)=C(C)N=3)cc1. The Labute approximate surface area is 228 Å². The molecule has 0 saturated carbocycles. The molecule has 10 heteroatoms. The van der Waals surface area contributed by atoms with Gasteiger partial charge in [-0.25, -0.2) is 14.6 Å². The minimum atomic E-state index is -0.712. The Bertz CT molecular complexity index is 1550. The van der Waals surface area contributed by atoms with Crippen LogP contribution in [0.3, 0.4) is 0 Å². The van der Waals surface area contributed by atoms with E-state index in [1.54, 1.807) is 82.3 Å². The Kier molecular flexibility index (Phi) is 8.48. The lowest BCUT2D eigenvalue weighted by atomic mass is 9.96. The van der Waals surface area contributed by atoms with Crippen LogP contribution < -0.4 is 19.6 Å². The molecule has 0 unspecified atom stereocenters. The average Bonchev–Trinajstić information content (AvgIpc) is 3.17. The quantitative estimate of drug-likeness (QED) is 0.393. The van der Waals surface area contributed by atoms with Gasteiger partial charge < -0.3 is 14.2 Å².